The van der Waals surface area contributed by atoms with Crippen molar-refractivity contribution in [2.24, 2.45) is 0 Å². The van der Waals surface area contributed by atoms with Crippen molar-refractivity contribution >= 4 is 11.6 Å². The van der Waals surface area contributed by atoms with Gasteiger partial charge in [-0.3, -0.25) is 0 Å². The van der Waals surface area contributed by atoms with Crippen molar-refractivity contribution in [3.63, 3.8) is 0 Å². The van der Waals surface area contributed by atoms with Crippen molar-refractivity contribution in [1.82, 2.24) is 4.98 Å². The fourth-order valence-electron chi connectivity index (χ4n) is 2.08. The molecule has 0 fully saturated rings. The second-order valence-corrected chi connectivity index (χ2v) is 5.24. The van der Waals surface area contributed by atoms with Crippen LogP contribution in [-0.2, 0) is 5.88 Å². The Balaban J connectivity index is 2.28. The highest BCUT2D eigenvalue weighted by Gasteiger charge is 2.11. The minimum absolute atomic E-state index is 0.467. The number of aromatic nitrogens is 1. The molecule has 106 valence electrons. The van der Waals surface area contributed by atoms with Crippen LogP contribution in [0.3, 0.4) is 0 Å². The molecule has 0 aliphatic heterocycles. The fraction of sp³-hybridized carbons (Fsp3) is 0.353. The van der Waals surface area contributed by atoms with Crippen LogP contribution >= 0.6 is 11.6 Å². The largest absolute Gasteiger partial charge is 0.439 e. The summed E-state index contributed by atoms with van der Waals surface area (Å²) in [5, 5.41) is 0. The number of alkyl halides is 1. The van der Waals surface area contributed by atoms with Gasteiger partial charge in [0.25, 0.3) is 0 Å². The summed E-state index contributed by atoms with van der Waals surface area (Å²) in [5.74, 6) is 2.44. The Morgan fingerprint density at radius 1 is 1.20 bits per heavy atom. The number of hydrogen-bond donors (Lipinski definition) is 0. The van der Waals surface area contributed by atoms with Gasteiger partial charge in [0, 0.05) is 17.6 Å². The first-order chi connectivity index (χ1) is 9.65. The zero-order chi connectivity index (χ0) is 14.5. The lowest BCUT2D eigenvalue weighted by Gasteiger charge is -2.15. The highest BCUT2D eigenvalue weighted by atomic mass is 35.5. The molecule has 2 nitrogen and oxygen atoms in total. The van der Waals surface area contributed by atoms with Gasteiger partial charge < -0.3 is 4.74 Å². The van der Waals surface area contributed by atoms with E-state index >= 15 is 0 Å². The Morgan fingerprint density at radius 2 is 1.95 bits per heavy atom. The first kappa shape index (κ1) is 14.9. The lowest BCUT2D eigenvalue weighted by molar-refractivity contribution is 0.450. The molecular formula is C17H20ClNO. The van der Waals surface area contributed by atoms with E-state index in [1.54, 1.807) is 0 Å². The van der Waals surface area contributed by atoms with Crippen LogP contribution in [0.15, 0.2) is 36.4 Å². The molecule has 3 heteroatoms. The van der Waals surface area contributed by atoms with Crippen LogP contribution in [0.4, 0.5) is 0 Å². The van der Waals surface area contributed by atoms with E-state index in [1.807, 2.05) is 37.3 Å². The first-order valence-corrected chi connectivity index (χ1v) is 7.48. The average Bonchev–Trinajstić information content (AvgIpc) is 2.47. The molecule has 0 radical (unpaired) electrons. The van der Waals surface area contributed by atoms with Crippen molar-refractivity contribution in [2.75, 3.05) is 0 Å². The summed E-state index contributed by atoms with van der Waals surface area (Å²) in [6, 6.07) is 12.0. The normalized spacial score (nSPS) is 12.2. The summed E-state index contributed by atoms with van der Waals surface area (Å²) in [6.45, 7) is 6.34. The molecule has 0 bridgehead atoms. The Hall–Kier alpha value is -1.54. The maximum atomic E-state index is 5.96. The SMILES string of the molecule is CCC(C)c1ccccc1Oc1ccc(CCl)c(C)n1. The van der Waals surface area contributed by atoms with Gasteiger partial charge in [-0.05, 0) is 36.5 Å². The van der Waals surface area contributed by atoms with Crippen molar-refractivity contribution in [3.8, 4) is 11.6 Å². The first-order valence-electron chi connectivity index (χ1n) is 6.95. The van der Waals surface area contributed by atoms with Crippen LogP contribution in [-0.4, -0.2) is 4.98 Å². The maximum absolute atomic E-state index is 5.96. The lowest BCUT2D eigenvalue weighted by Crippen LogP contribution is -1.98. The molecule has 1 heterocycles. The maximum Gasteiger partial charge on any atom is 0.219 e. The second kappa shape index (κ2) is 6.76. The Bertz CT molecular complexity index is 583. The molecule has 1 atom stereocenters. The van der Waals surface area contributed by atoms with Gasteiger partial charge in [0.1, 0.15) is 5.75 Å². The minimum Gasteiger partial charge on any atom is -0.439 e. The van der Waals surface area contributed by atoms with E-state index in [0.717, 1.165) is 23.4 Å². The van der Waals surface area contributed by atoms with Crippen molar-refractivity contribution in [3.05, 3.63) is 53.2 Å². The highest BCUT2D eigenvalue weighted by molar-refractivity contribution is 6.17. The predicted octanol–water partition coefficient (Wildman–Crippen LogP) is 5.43. The van der Waals surface area contributed by atoms with Gasteiger partial charge in [-0.2, -0.15) is 0 Å². The summed E-state index contributed by atoms with van der Waals surface area (Å²) in [4.78, 5) is 4.46. The number of rotatable bonds is 5. The van der Waals surface area contributed by atoms with Gasteiger partial charge >= 0.3 is 0 Å². The number of nitrogens with zero attached hydrogens (tertiary/aromatic N) is 1. The Labute approximate surface area is 125 Å². The molecule has 0 saturated carbocycles. The number of ether oxygens (including phenoxy) is 1. The van der Waals surface area contributed by atoms with Crippen LogP contribution in [0.5, 0.6) is 11.6 Å². The summed E-state index contributed by atoms with van der Waals surface area (Å²) in [6.07, 6.45) is 1.08. The third-order valence-corrected chi connectivity index (χ3v) is 3.88. The molecule has 0 aliphatic carbocycles. The molecule has 0 aliphatic rings. The van der Waals surface area contributed by atoms with Crippen LogP contribution in [0.2, 0.25) is 0 Å². The zero-order valence-corrected chi connectivity index (χ0v) is 12.9. The minimum atomic E-state index is 0.467. The smallest absolute Gasteiger partial charge is 0.219 e. The van der Waals surface area contributed by atoms with E-state index in [0.29, 0.717) is 17.7 Å². The Morgan fingerprint density at radius 3 is 2.60 bits per heavy atom. The second-order valence-electron chi connectivity index (χ2n) is 4.98. The van der Waals surface area contributed by atoms with E-state index in [4.69, 9.17) is 16.3 Å². The van der Waals surface area contributed by atoms with E-state index in [2.05, 4.69) is 24.9 Å². The number of aryl methyl sites for hydroxylation is 1. The number of hydrogen-bond acceptors (Lipinski definition) is 2. The van der Waals surface area contributed by atoms with Crippen LogP contribution in [0.25, 0.3) is 0 Å². The molecule has 1 aromatic carbocycles. The molecule has 0 amide bonds. The fourth-order valence-corrected chi connectivity index (χ4v) is 2.36. The van der Waals surface area contributed by atoms with Gasteiger partial charge in [-0.15, -0.1) is 11.6 Å². The summed E-state index contributed by atoms with van der Waals surface area (Å²) < 4.78 is 5.96. The summed E-state index contributed by atoms with van der Waals surface area (Å²) in [7, 11) is 0. The molecular weight excluding hydrogens is 270 g/mol. The van der Waals surface area contributed by atoms with Gasteiger partial charge in [0.05, 0.1) is 0 Å². The van der Waals surface area contributed by atoms with Gasteiger partial charge in [0.2, 0.25) is 5.88 Å². The Kier molecular flexibility index (Phi) is 5.02. The van der Waals surface area contributed by atoms with Crippen molar-refractivity contribution in [1.29, 1.82) is 0 Å². The topological polar surface area (TPSA) is 22.1 Å². The summed E-state index contributed by atoms with van der Waals surface area (Å²) in [5.41, 5.74) is 3.17. The third kappa shape index (κ3) is 3.31. The summed E-state index contributed by atoms with van der Waals surface area (Å²) >= 11 is 5.85. The van der Waals surface area contributed by atoms with E-state index in [1.165, 1.54) is 5.56 Å². The van der Waals surface area contributed by atoms with Gasteiger partial charge in [-0.25, -0.2) is 4.98 Å². The molecule has 1 unspecified atom stereocenters. The molecule has 0 spiro atoms. The van der Waals surface area contributed by atoms with Crippen LogP contribution in [0.1, 0.15) is 43.0 Å². The number of benzene rings is 1. The van der Waals surface area contributed by atoms with Gasteiger partial charge in [-0.1, -0.05) is 38.1 Å². The molecule has 0 saturated heterocycles. The van der Waals surface area contributed by atoms with Crippen molar-refractivity contribution in [2.45, 2.75) is 39.0 Å². The molecule has 20 heavy (non-hydrogen) atoms. The number of halogens is 1. The third-order valence-electron chi connectivity index (χ3n) is 3.59. The van der Waals surface area contributed by atoms with E-state index in [9.17, 15) is 0 Å². The molecule has 0 N–H and O–H groups in total. The highest BCUT2D eigenvalue weighted by Crippen LogP contribution is 2.31. The monoisotopic (exact) mass is 289 g/mol. The van der Waals surface area contributed by atoms with E-state index in [-0.39, 0.29) is 0 Å². The number of para-hydroxylation sites is 1. The van der Waals surface area contributed by atoms with Gasteiger partial charge in [0.15, 0.2) is 0 Å². The van der Waals surface area contributed by atoms with Crippen molar-refractivity contribution < 1.29 is 4.74 Å². The van der Waals surface area contributed by atoms with Crippen LogP contribution < -0.4 is 4.74 Å². The molecule has 2 aromatic rings. The quantitative estimate of drug-likeness (QED) is 0.684. The number of pyridine rings is 1. The lowest BCUT2D eigenvalue weighted by atomic mass is 9.98. The van der Waals surface area contributed by atoms with E-state index < -0.39 is 0 Å². The molecule has 2 rings (SSSR count). The zero-order valence-electron chi connectivity index (χ0n) is 12.2. The standard InChI is InChI=1S/C17H20ClNO/c1-4-12(2)15-7-5-6-8-16(15)20-17-10-9-14(11-18)13(3)19-17/h5-10,12H,4,11H2,1-3H3. The molecule has 1 aromatic heterocycles. The average molecular weight is 290 g/mol. The predicted molar refractivity (Wildman–Crippen MR) is 83.8 cm³/mol. The van der Waals surface area contributed by atoms with Crippen LogP contribution in [0, 0.1) is 6.92 Å².